The van der Waals surface area contributed by atoms with E-state index in [0.29, 0.717) is 47.3 Å². The smallest absolute Gasteiger partial charge is 0.207 e. The van der Waals surface area contributed by atoms with Gasteiger partial charge in [0.25, 0.3) is 0 Å². The number of nitrogens with zero attached hydrogens (tertiary/aromatic N) is 5. The third-order valence-electron chi connectivity index (χ3n) is 4.52. The molecule has 3 heterocycles. The third kappa shape index (κ3) is 3.22. The SMILES string of the molecule is NC1CN(c2nc3ccc(F)cc3n2Cc2ncc(Cl)cn2)CCC1F. The molecule has 4 rings (SSSR count). The lowest BCUT2D eigenvalue weighted by molar-refractivity contribution is 0.243. The molecular weight excluding hydrogens is 362 g/mol. The van der Waals surface area contributed by atoms with Crippen LogP contribution in [0, 0.1) is 5.82 Å². The lowest BCUT2D eigenvalue weighted by atomic mass is 10.1. The van der Waals surface area contributed by atoms with E-state index in [1.165, 1.54) is 24.5 Å². The van der Waals surface area contributed by atoms with Crippen molar-refractivity contribution in [2.75, 3.05) is 18.0 Å². The van der Waals surface area contributed by atoms with Crippen LogP contribution in [-0.4, -0.2) is 44.8 Å². The fraction of sp³-hybridized carbons (Fsp3) is 0.353. The predicted molar refractivity (Wildman–Crippen MR) is 95.5 cm³/mol. The van der Waals surface area contributed by atoms with Gasteiger partial charge in [-0.15, -0.1) is 0 Å². The number of nitrogens with two attached hydrogens (primary N) is 1. The molecule has 0 bridgehead atoms. The topological polar surface area (TPSA) is 72.9 Å². The second-order valence-corrected chi connectivity index (χ2v) is 6.80. The summed E-state index contributed by atoms with van der Waals surface area (Å²) in [4.78, 5) is 15.0. The van der Waals surface area contributed by atoms with Crippen molar-refractivity contribution in [2.24, 2.45) is 5.73 Å². The van der Waals surface area contributed by atoms with Gasteiger partial charge >= 0.3 is 0 Å². The second-order valence-electron chi connectivity index (χ2n) is 6.36. The molecule has 1 fully saturated rings. The van der Waals surface area contributed by atoms with Crippen molar-refractivity contribution >= 4 is 28.6 Å². The lowest BCUT2D eigenvalue weighted by Crippen LogP contribution is -2.50. The van der Waals surface area contributed by atoms with E-state index in [2.05, 4.69) is 15.0 Å². The number of halogens is 3. The Bertz CT molecular complexity index is 929. The highest BCUT2D eigenvalue weighted by Gasteiger charge is 2.29. The van der Waals surface area contributed by atoms with E-state index in [9.17, 15) is 8.78 Å². The molecule has 1 saturated heterocycles. The molecule has 0 amide bonds. The van der Waals surface area contributed by atoms with Gasteiger partial charge in [0.15, 0.2) is 0 Å². The first-order chi connectivity index (χ1) is 12.5. The first kappa shape index (κ1) is 17.1. The van der Waals surface area contributed by atoms with Crippen LogP contribution in [0.3, 0.4) is 0 Å². The number of anilines is 1. The first-order valence-corrected chi connectivity index (χ1v) is 8.66. The van der Waals surface area contributed by atoms with Crippen LogP contribution in [-0.2, 0) is 6.54 Å². The Balaban J connectivity index is 1.77. The highest BCUT2D eigenvalue weighted by molar-refractivity contribution is 6.30. The van der Waals surface area contributed by atoms with Gasteiger partial charge in [-0.05, 0) is 24.6 Å². The molecule has 26 heavy (non-hydrogen) atoms. The number of hydrogen-bond donors (Lipinski definition) is 1. The van der Waals surface area contributed by atoms with E-state index in [1.54, 1.807) is 6.07 Å². The van der Waals surface area contributed by atoms with Gasteiger partial charge in [-0.1, -0.05) is 11.6 Å². The van der Waals surface area contributed by atoms with E-state index in [-0.39, 0.29) is 12.4 Å². The molecule has 1 aliphatic rings. The minimum atomic E-state index is -1.03. The summed E-state index contributed by atoms with van der Waals surface area (Å²) in [6, 6.07) is 3.82. The molecule has 1 aliphatic heterocycles. The highest BCUT2D eigenvalue weighted by atomic mass is 35.5. The van der Waals surface area contributed by atoms with Gasteiger partial charge in [-0.25, -0.2) is 23.7 Å². The molecule has 2 N–H and O–H groups in total. The average Bonchev–Trinajstić information content (AvgIpc) is 2.97. The van der Waals surface area contributed by atoms with E-state index in [4.69, 9.17) is 17.3 Å². The highest BCUT2D eigenvalue weighted by Crippen LogP contribution is 2.27. The Hall–Kier alpha value is -2.32. The summed E-state index contributed by atoms with van der Waals surface area (Å²) >= 11 is 5.84. The molecule has 2 atom stereocenters. The zero-order valence-electron chi connectivity index (χ0n) is 13.8. The van der Waals surface area contributed by atoms with E-state index in [0.717, 1.165) is 0 Å². The number of fused-ring (bicyclic) bond motifs is 1. The van der Waals surface area contributed by atoms with Crippen molar-refractivity contribution in [3.8, 4) is 0 Å². The molecule has 2 aromatic heterocycles. The van der Waals surface area contributed by atoms with E-state index in [1.807, 2.05) is 9.47 Å². The van der Waals surface area contributed by atoms with Crippen molar-refractivity contribution < 1.29 is 8.78 Å². The summed E-state index contributed by atoms with van der Waals surface area (Å²) in [6.45, 7) is 1.12. The number of alkyl halides is 1. The summed E-state index contributed by atoms with van der Waals surface area (Å²) in [7, 11) is 0. The maximum absolute atomic E-state index is 13.8. The minimum Gasteiger partial charge on any atom is -0.340 e. The summed E-state index contributed by atoms with van der Waals surface area (Å²) < 4.78 is 29.4. The molecule has 9 heteroatoms. The molecule has 2 unspecified atom stereocenters. The van der Waals surface area contributed by atoms with Crippen LogP contribution in [0.4, 0.5) is 14.7 Å². The molecular formula is C17H17ClF2N6. The second kappa shape index (κ2) is 6.77. The van der Waals surface area contributed by atoms with Gasteiger partial charge in [-0.2, -0.15) is 0 Å². The number of hydrogen-bond acceptors (Lipinski definition) is 5. The fourth-order valence-corrected chi connectivity index (χ4v) is 3.28. The Morgan fingerprint density at radius 2 is 2.04 bits per heavy atom. The van der Waals surface area contributed by atoms with Crippen LogP contribution in [0.15, 0.2) is 30.6 Å². The van der Waals surface area contributed by atoms with Crippen molar-refractivity contribution in [3.63, 3.8) is 0 Å². The first-order valence-electron chi connectivity index (χ1n) is 8.28. The molecule has 1 aromatic carbocycles. The largest absolute Gasteiger partial charge is 0.340 e. The van der Waals surface area contributed by atoms with Gasteiger partial charge in [0.2, 0.25) is 5.95 Å². The van der Waals surface area contributed by atoms with Crippen LogP contribution < -0.4 is 10.6 Å². The van der Waals surface area contributed by atoms with Gasteiger partial charge in [0.1, 0.15) is 17.8 Å². The Kier molecular flexibility index (Phi) is 4.46. The van der Waals surface area contributed by atoms with Gasteiger partial charge < -0.3 is 15.2 Å². The minimum absolute atomic E-state index is 0.289. The zero-order valence-corrected chi connectivity index (χ0v) is 14.6. The monoisotopic (exact) mass is 378 g/mol. The van der Waals surface area contributed by atoms with Crippen molar-refractivity contribution in [1.82, 2.24) is 19.5 Å². The van der Waals surface area contributed by atoms with Crippen LogP contribution in [0.5, 0.6) is 0 Å². The molecule has 0 aliphatic carbocycles. The summed E-state index contributed by atoms with van der Waals surface area (Å²) in [5.41, 5.74) is 7.16. The van der Waals surface area contributed by atoms with Crippen molar-refractivity contribution in [3.05, 3.63) is 47.3 Å². The molecule has 3 aromatic rings. The fourth-order valence-electron chi connectivity index (χ4n) is 3.18. The maximum Gasteiger partial charge on any atom is 0.207 e. The average molecular weight is 379 g/mol. The molecule has 0 radical (unpaired) electrons. The van der Waals surface area contributed by atoms with Gasteiger partial charge in [0.05, 0.1) is 28.6 Å². The van der Waals surface area contributed by atoms with Crippen molar-refractivity contribution in [2.45, 2.75) is 25.2 Å². The zero-order chi connectivity index (χ0) is 18.3. The number of piperidine rings is 1. The quantitative estimate of drug-likeness (QED) is 0.758. The van der Waals surface area contributed by atoms with Crippen LogP contribution in [0.2, 0.25) is 5.02 Å². The predicted octanol–water partition coefficient (Wildman–Crippen LogP) is 2.54. The summed E-state index contributed by atoms with van der Waals surface area (Å²) in [5, 5.41) is 0.437. The molecule has 6 nitrogen and oxygen atoms in total. The third-order valence-corrected chi connectivity index (χ3v) is 4.71. The van der Waals surface area contributed by atoms with Crippen LogP contribution in [0.1, 0.15) is 12.2 Å². The maximum atomic E-state index is 13.8. The van der Waals surface area contributed by atoms with Crippen LogP contribution in [0.25, 0.3) is 11.0 Å². The van der Waals surface area contributed by atoms with E-state index < -0.39 is 12.2 Å². The van der Waals surface area contributed by atoms with Crippen molar-refractivity contribution in [1.29, 1.82) is 0 Å². The molecule has 0 spiro atoms. The molecule has 0 saturated carbocycles. The number of aromatic nitrogens is 4. The Morgan fingerprint density at radius 1 is 1.27 bits per heavy atom. The lowest BCUT2D eigenvalue weighted by Gasteiger charge is -2.34. The summed E-state index contributed by atoms with van der Waals surface area (Å²) in [5.74, 6) is 0.761. The normalized spacial score (nSPS) is 20.7. The van der Waals surface area contributed by atoms with Gasteiger partial charge in [0, 0.05) is 25.5 Å². The number of rotatable bonds is 3. The molecule has 136 valence electrons. The number of imidazole rings is 1. The summed E-state index contributed by atoms with van der Waals surface area (Å²) in [6.07, 6.45) is 2.32. The number of benzene rings is 1. The Labute approximate surface area is 153 Å². The standard InChI is InChI=1S/C17H17ClF2N6/c18-10-6-22-16(23-7-10)9-26-15-5-11(19)1-2-14(15)24-17(26)25-4-3-12(20)13(21)8-25/h1-2,5-7,12-13H,3-4,8-9,21H2. The Morgan fingerprint density at radius 3 is 2.77 bits per heavy atom. The van der Waals surface area contributed by atoms with E-state index >= 15 is 0 Å². The van der Waals surface area contributed by atoms with Gasteiger partial charge in [-0.3, -0.25) is 0 Å². The van der Waals surface area contributed by atoms with Crippen LogP contribution >= 0.6 is 11.6 Å².